The second-order valence-corrected chi connectivity index (χ2v) is 16.7. The molecule has 0 bridgehead atoms. The van der Waals surface area contributed by atoms with Crippen LogP contribution in [0.1, 0.15) is 41.7 Å². The summed E-state index contributed by atoms with van der Waals surface area (Å²) in [5.74, 6) is 1.15. The molecule has 10 rings (SSSR count). The molecule has 0 N–H and O–H groups in total. The van der Waals surface area contributed by atoms with E-state index in [0.29, 0.717) is 18.2 Å². The van der Waals surface area contributed by atoms with Crippen LogP contribution in [0.5, 0.6) is 0 Å². The van der Waals surface area contributed by atoms with Gasteiger partial charge in [-0.1, -0.05) is 140 Å². The standard InChI is InChI=1S/C49H36N4S2/c1-49(2)38-19-11-10-18-35(38)36-26-27-39-45(46(36)49)37-28-43-44(55-42-21-13-12-20-41(42)54-43)29-40(37)53(39)34-24-22-33(23-25-34)47(50-3)52-48(32-16-8-5-9-17-32)51-30-31-14-6-4-7-15-31/h4-29H,3,30H2,1-2H3. The Morgan fingerprint density at radius 2 is 1.24 bits per heavy atom. The lowest BCUT2D eigenvalue weighted by atomic mass is 9.80. The Labute approximate surface area is 329 Å². The summed E-state index contributed by atoms with van der Waals surface area (Å²) < 4.78 is 2.44. The zero-order valence-electron chi connectivity index (χ0n) is 30.5. The molecule has 264 valence electrons. The number of rotatable bonds is 5. The average Bonchev–Trinajstić information content (AvgIpc) is 3.67. The molecular formula is C49H36N4S2. The van der Waals surface area contributed by atoms with Crippen molar-refractivity contribution in [2.45, 2.75) is 45.4 Å². The molecule has 0 spiro atoms. The first kappa shape index (κ1) is 33.6. The van der Waals surface area contributed by atoms with E-state index in [1.165, 1.54) is 63.6 Å². The minimum atomic E-state index is -0.154. The zero-order valence-corrected chi connectivity index (χ0v) is 32.2. The number of amidine groups is 2. The number of benzene rings is 7. The lowest BCUT2D eigenvalue weighted by Gasteiger charge is -2.23. The lowest BCUT2D eigenvalue weighted by molar-refractivity contribution is 0.666. The van der Waals surface area contributed by atoms with Crippen molar-refractivity contribution in [2.75, 3.05) is 0 Å². The van der Waals surface area contributed by atoms with E-state index < -0.39 is 0 Å². The fraction of sp³-hybridized carbons (Fsp3) is 0.0816. The molecule has 1 aromatic heterocycles. The molecule has 0 saturated carbocycles. The molecule has 2 heterocycles. The molecule has 4 nitrogen and oxygen atoms in total. The van der Waals surface area contributed by atoms with Gasteiger partial charge in [0.25, 0.3) is 0 Å². The third-order valence-corrected chi connectivity index (χ3v) is 13.4. The van der Waals surface area contributed by atoms with Gasteiger partial charge in [-0.2, -0.15) is 0 Å². The van der Waals surface area contributed by atoms with Gasteiger partial charge >= 0.3 is 0 Å². The molecule has 7 aromatic carbocycles. The molecule has 0 radical (unpaired) electrons. The molecule has 2 aliphatic rings. The maximum absolute atomic E-state index is 5.01. The van der Waals surface area contributed by atoms with Crippen LogP contribution in [0.15, 0.2) is 192 Å². The summed E-state index contributed by atoms with van der Waals surface area (Å²) in [6, 6.07) is 56.0. The minimum absolute atomic E-state index is 0.154. The predicted molar refractivity (Wildman–Crippen MR) is 232 cm³/mol. The van der Waals surface area contributed by atoms with Crippen LogP contribution in [0, 0.1) is 0 Å². The quantitative estimate of drug-likeness (QED) is 0.130. The van der Waals surface area contributed by atoms with E-state index in [1.54, 1.807) is 0 Å². The highest BCUT2D eigenvalue weighted by atomic mass is 32.2. The summed E-state index contributed by atoms with van der Waals surface area (Å²) in [6.07, 6.45) is 0. The van der Waals surface area contributed by atoms with Crippen molar-refractivity contribution in [1.29, 1.82) is 0 Å². The van der Waals surface area contributed by atoms with Gasteiger partial charge in [-0.25, -0.2) is 9.98 Å². The van der Waals surface area contributed by atoms with E-state index in [4.69, 9.17) is 9.98 Å². The van der Waals surface area contributed by atoms with Crippen LogP contribution in [0.4, 0.5) is 0 Å². The van der Waals surface area contributed by atoms with Crippen LogP contribution in [-0.2, 0) is 12.0 Å². The summed E-state index contributed by atoms with van der Waals surface area (Å²) in [5, 5.41) is 2.60. The van der Waals surface area contributed by atoms with Gasteiger partial charge in [-0.15, -0.1) is 0 Å². The van der Waals surface area contributed by atoms with Crippen molar-refractivity contribution < 1.29 is 0 Å². The summed E-state index contributed by atoms with van der Waals surface area (Å²) in [4.78, 5) is 19.6. The van der Waals surface area contributed by atoms with Gasteiger partial charge in [0.2, 0.25) is 0 Å². The Kier molecular flexibility index (Phi) is 8.20. The Balaban J connectivity index is 1.12. The van der Waals surface area contributed by atoms with Gasteiger partial charge in [0.05, 0.1) is 17.6 Å². The Hall–Kier alpha value is -5.95. The van der Waals surface area contributed by atoms with Crippen LogP contribution < -0.4 is 0 Å². The number of hydrogen-bond acceptors (Lipinski definition) is 3. The first-order valence-corrected chi connectivity index (χ1v) is 20.1. The van der Waals surface area contributed by atoms with Crippen molar-refractivity contribution in [3.05, 3.63) is 186 Å². The van der Waals surface area contributed by atoms with Crippen molar-refractivity contribution in [3.8, 4) is 16.8 Å². The first-order valence-electron chi connectivity index (χ1n) is 18.5. The van der Waals surface area contributed by atoms with Crippen molar-refractivity contribution in [3.63, 3.8) is 0 Å². The normalized spacial score (nSPS) is 14.4. The predicted octanol–water partition coefficient (Wildman–Crippen LogP) is 12.8. The highest BCUT2D eigenvalue weighted by molar-refractivity contribution is 8.05. The van der Waals surface area contributed by atoms with Crippen LogP contribution in [0.25, 0.3) is 38.6 Å². The van der Waals surface area contributed by atoms with Gasteiger partial charge in [0.1, 0.15) is 0 Å². The van der Waals surface area contributed by atoms with E-state index in [-0.39, 0.29) is 5.41 Å². The topological polar surface area (TPSA) is 42.0 Å². The lowest BCUT2D eigenvalue weighted by Crippen LogP contribution is -2.15. The number of aliphatic imine (C=N–C) groups is 3. The highest BCUT2D eigenvalue weighted by Gasteiger charge is 2.38. The third kappa shape index (κ3) is 5.67. The molecule has 0 saturated heterocycles. The maximum Gasteiger partial charge on any atom is 0.161 e. The fourth-order valence-electron chi connectivity index (χ4n) is 8.26. The van der Waals surface area contributed by atoms with E-state index in [9.17, 15) is 0 Å². The number of nitrogens with zero attached hydrogens (tertiary/aromatic N) is 4. The summed E-state index contributed by atoms with van der Waals surface area (Å²) >= 11 is 3.74. The first-order chi connectivity index (χ1) is 27.0. The number of aromatic nitrogens is 1. The summed E-state index contributed by atoms with van der Waals surface area (Å²) in [6.45, 7) is 9.21. The zero-order chi connectivity index (χ0) is 37.1. The van der Waals surface area contributed by atoms with Crippen LogP contribution in [-0.4, -0.2) is 23.0 Å². The summed E-state index contributed by atoms with van der Waals surface area (Å²) in [5.41, 5.74) is 11.7. The number of hydrogen-bond donors (Lipinski definition) is 0. The third-order valence-electron chi connectivity index (χ3n) is 10.8. The molecule has 0 fully saturated rings. The fourth-order valence-corrected chi connectivity index (χ4v) is 10.5. The average molecular weight is 745 g/mol. The summed E-state index contributed by atoms with van der Waals surface area (Å²) in [7, 11) is 0. The second kappa shape index (κ2) is 13.4. The molecule has 6 heteroatoms. The molecule has 0 atom stereocenters. The van der Waals surface area contributed by atoms with E-state index in [0.717, 1.165) is 22.4 Å². The van der Waals surface area contributed by atoms with Crippen molar-refractivity contribution >= 4 is 63.7 Å². The molecule has 1 aliphatic heterocycles. The van der Waals surface area contributed by atoms with Gasteiger partial charge in [-0.05, 0) is 89.1 Å². The van der Waals surface area contributed by atoms with Gasteiger partial charge < -0.3 is 4.57 Å². The van der Waals surface area contributed by atoms with Gasteiger partial charge in [0, 0.05) is 52.6 Å². The molecule has 1 aliphatic carbocycles. The van der Waals surface area contributed by atoms with E-state index >= 15 is 0 Å². The van der Waals surface area contributed by atoms with E-state index in [1.807, 2.05) is 72.1 Å². The van der Waals surface area contributed by atoms with Gasteiger partial charge in [-0.3, -0.25) is 4.99 Å². The molecule has 0 amide bonds. The van der Waals surface area contributed by atoms with Crippen molar-refractivity contribution in [2.24, 2.45) is 15.0 Å². The van der Waals surface area contributed by atoms with Crippen molar-refractivity contribution in [1.82, 2.24) is 4.57 Å². The highest BCUT2D eigenvalue weighted by Crippen LogP contribution is 2.55. The van der Waals surface area contributed by atoms with Gasteiger partial charge in [0.15, 0.2) is 11.7 Å². The number of fused-ring (bicyclic) bond motifs is 9. The maximum atomic E-state index is 5.01. The Bertz CT molecular complexity index is 2870. The molecular weight excluding hydrogens is 709 g/mol. The van der Waals surface area contributed by atoms with Crippen LogP contribution in [0.2, 0.25) is 0 Å². The van der Waals surface area contributed by atoms with Crippen LogP contribution in [0.3, 0.4) is 0 Å². The monoisotopic (exact) mass is 744 g/mol. The Morgan fingerprint density at radius 3 is 1.96 bits per heavy atom. The van der Waals surface area contributed by atoms with E-state index in [2.05, 4.69) is 139 Å². The molecule has 0 unspecified atom stereocenters. The SMILES string of the molecule is C=NC(=NC(=NCc1ccccc1)c1ccccc1)c1ccc(-n2c3cc4c(cc3c3c5c(ccc32)-c2ccccc2C5(C)C)Sc2ccccc2S4)cc1. The van der Waals surface area contributed by atoms with Crippen LogP contribution >= 0.6 is 23.5 Å². The minimum Gasteiger partial charge on any atom is -0.309 e. The molecule has 55 heavy (non-hydrogen) atoms. The Morgan fingerprint density at radius 1 is 0.600 bits per heavy atom. The largest absolute Gasteiger partial charge is 0.309 e. The second-order valence-electron chi connectivity index (χ2n) is 14.5. The molecule has 8 aromatic rings. The smallest absolute Gasteiger partial charge is 0.161 e.